The van der Waals surface area contributed by atoms with Gasteiger partial charge in [0.05, 0.1) is 9.79 Å². The van der Waals surface area contributed by atoms with Gasteiger partial charge in [0.15, 0.2) is 0 Å². The Morgan fingerprint density at radius 2 is 1.38 bits per heavy atom. The van der Waals surface area contributed by atoms with Gasteiger partial charge in [0.1, 0.15) is 0 Å². The van der Waals surface area contributed by atoms with Gasteiger partial charge in [-0.25, -0.2) is 16.8 Å². The Kier molecular flexibility index (Phi) is 5.77. The zero-order chi connectivity index (χ0) is 18.9. The molecule has 1 aromatic carbocycles. The second kappa shape index (κ2) is 7.58. The van der Waals surface area contributed by atoms with Crippen LogP contribution < -0.4 is 0 Å². The highest BCUT2D eigenvalue weighted by molar-refractivity contribution is 7.89. The van der Waals surface area contributed by atoms with Gasteiger partial charge in [0, 0.05) is 25.2 Å². The SMILES string of the molecule is CC(C)N(C1CCCC1)S(=O)(=O)c1ccc(S(=O)(=O)N2CCCC2)cc1. The molecule has 0 N–H and O–H groups in total. The predicted octanol–water partition coefficient (Wildman–Crippen LogP) is 2.81. The first-order chi connectivity index (χ1) is 12.2. The number of benzene rings is 1. The minimum atomic E-state index is -3.64. The minimum Gasteiger partial charge on any atom is -0.207 e. The topological polar surface area (TPSA) is 74.8 Å². The molecule has 0 unspecified atom stereocenters. The highest BCUT2D eigenvalue weighted by atomic mass is 32.2. The lowest BCUT2D eigenvalue weighted by molar-refractivity contribution is 0.275. The average molecular weight is 401 g/mol. The van der Waals surface area contributed by atoms with Gasteiger partial charge in [-0.3, -0.25) is 0 Å². The maximum atomic E-state index is 13.1. The van der Waals surface area contributed by atoms with E-state index >= 15 is 0 Å². The molecule has 6 nitrogen and oxygen atoms in total. The van der Waals surface area contributed by atoms with Crippen LogP contribution >= 0.6 is 0 Å². The van der Waals surface area contributed by atoms with Crippen molar-refractivity contribution >= 4 is 20.0 Å². The van der Waals surface area contributed by atoms with Gasteiger partial charge in [0.25, 0.3) is 0 Å². The molecular formula is C18H28N2O4S2. The number of nitrogens with zero attached hydrogens (tertiary/aromatic N) is 2. The van der Waals surface area contributed by atoms with Gasteiger partial charge in [-0.05, 0) is 63.8 Å². The van der Waals surface area contributed by atoms with Crippen LogP contribution in [0.25, 0.3) is 0 Å². The van der Waals surface area contributed by atoms with E-state index in [-0.39, 0.29) is 21.9 Å². The van der Waals surface area contributed by atoms with Crippen molar-refractivity contribution in [2.45, 2.75) is 74.2 Å². The van der Waals surface area contributed by atoms with Crippen molar-refractivity contribution in [1.82, 2.24) is 8.61 Å². The molecule has 0 radical (unpaired) electrons. The molecule has 2 fully saturated rings. The van der Waals surface area contributed by atoms with E-state index in [0.717, 1.165) is 38.5 Å². The van der Waals surface area contributed by atoms with E-state index in [1.165, 1.54) is 28.6 Å². The van der Waals surface area contributed by atoms with Gasteiger partial charge in [-0.1, -0.05) is 12.8 Å². The van der Waals surface area contributed by atoms with Crippen molar-refractivity contribution in [2.75, 3.05) is 13.1 Å². The van der Waals surface area contributed by atoms with E-state index in [2.05, 4.69) is 0 Å². The van der Waals surface area contributed by atoms with E-state index < -0.39 is 20.0 Å². The normalized spacial score (nSPS) is 20.5. The van der Waals surface area contributed by atoms with E-state index in [1.54, 1.807) is 4.31 Å². The maximum Gasteiger partial charge on any atom is 0.243 e. The number of hydrogen-bond acceptors (Lipinski definition) is 4. The number of hydrogen-bond donors (Lipinski definition) is 0. The van der Waals surface area contributed by atoms with Gasteiger partial charge in [-0.2, -0.15) is 8.61 Å². The molecule has 0 spiro atoms. The molecule has 8 heteroatoms. The minimum absolute atomic E-state index is 0.0352. The van der Waals surface area contributed by atoms with Crippen LogP contribution in [0.15, 0.2) is 34.1 Å². The molecule has 1 aliphatic heterocycles. The van der Waals surface area contributed by atoms with Crippen molar-refractivity contribution in [3.63, 3.8) is 0 Å². The van der Waals surface area contributed by atoms with E-state index in [0.29, 0.717) is 13.1 Å². The molecule has 1 saturated carbocycles. The van der Waals surface area contributed by atoms with Crippen molar-refractivity contribution in [3.05, 3.63) is 24.3 Å². The summed E-state index contributed by atoms with van der Waals surface area (Å²) in [6.07, 6.45) is 5.62. The molecule has 0 amide bonds. The Bertz CT molecular complexity index is 820. The van der Waals surface area contributed by atoms with Crippen molar-refractivity contribution < 1.29 is 16.8 Å². The first-order valence-corrected chi connectivity index (χ1v) is 12.3. The second-order valence-corrected chi connectivity index (χ2v) is 11.2. The summed E-state index contributed by atoms with van der Waals surface area (Å²) in [6.45, 7) is 4.85. The van der Waals surface area contributed by atoms with Crippen LogP contribution in [-0.4, -0.2) is 50.6 Å². The lowest BCUT2D eigenvalue weighted by Gasteiger charge is -2.31. The monoisotopic (exact) mass is 400 g/mol. The van der Waals surface area contributed by atoms with E-state index in [4.69, 9.17) is 0 Å². The molecule has 2 aliphatic rings. The van der Waals surface area contributed by atoms with Gasteiger partial charge >= 0.3 is 0 Å². The largest absolute Gasteiger partial charge is 0.243 e. The second-order valence-electron chi connectivity index (χ2n) is 7.45. The van der Waals surface area contributed by atoms with Crippen LogP contribution in [0, 0.1) is 0 Å². The maximum absolute atomic E-state index is 13.1. The summed E-state index contributed by atoms with van der Waals surface area (Å²) < 4.78 is 54.6. The van der Waals surface area contributed by atoms with E-state index in [9.17, 15) is 16.8 Å². The fraction of sp³-hybridized carbons (Fsp3) is 0.667. The molecule has 1 aromatic rings. The predicted molar refractivity (Wildman–Crippen MR) is 101 cm³/mol. The number of sulfonamides is 2. The third-order valence-corrected chi connectivity index (χ3v) is 9.35. The Morgan fingerprint density at radius 3 is 1.88 bits per heavy atom. The fourth-order valence-electron chi connectivity index (χ4n) is 4.04. The fourth-order valence-corrected chi connectivity index (χ4v) is 7.44. The third kappa shape index (κ3) is 3.69. The molecule has 3 rings (SSSR count). The van der Waals surface area contributed by atoms with Crippen LogP contribution in [-0.2, 0) is 20.0 Å². The number of rotatable bonds is 6. The van der Waals surface area contributed by atoms with Crippen molar-refractivity contribution in [2.24, 2.45) is 0 Å². The van der Waals surface area contributed by atoms with Crippen LogP contribution in [0.1, 0.15) is 52.4 Å². The standard InChI is InChI=1S/C18H28N2O4S2/c1-15(2)20(16-7-3-4-8-16)26(23,24)18-11-9-17(10-12-18)25(21,22)19-13-5-6-14-19/h9-12,15-16H,3-8,13-14H2,1-2H3. The third-order valence-electron chi connectivity index (χ3n) is 5.30. The first kappa shape index (κ1) is 19.8. The molecule has 0 bridgehead atoms. The van der Waals surface area contributed by atoms with Crippen LogP contribution in [0.3, 0.4) is 0 Å². The highest BCUT2D eigenvalue weighted by Gasteiger charge is 2.35. The zero-order valence-corrected chi connectivity index (χ0v) is 17.1. The van der Waals surface area contributed by atoms with Gasteiger partial charge in [0.2, 0.25) is 20.0 Å². The Morgan fingerprint density at radius 1 is 0.885 bits per heavy atom. The lowest BCUT2D eigenvalue weighted by Crippen LogP contribution is -2.43. The van der Waals surface area contributed by atoms with Crippen LogP contribution in [0.5, 0.6) is 0 Å². The summed E-state index contributed by atoms with van der Waals surface area (Å²) in [6, 6.07) is 5.62. The molecule has 1 saturated heterocycles. The Balaban J connectivity index is 1.89. The summed E-state index contributed by atoms with van der Waals surface area (Å²) in [5.74, 6) is 0. The summed E-state index contributed by atoms with van der Waals surface area (Å²) in [5.41, 5.74) is 0. The zero-order valence-electron chi connectivity index (χ0n) is 15.5. The molecule has 0 aromatic heterocycles. The summed E-state index contributed by atoms with van der Waals surface area (Å²) in [4.78, 5) is 0.328. The lowest BCUT2D eigenvalue weighted by atomic mass is 10.2. The highest BCUT2D eigenvalue weighted by Crippen LogP contribution is 2.31. The molecule has 0 atom stereocenters. The first-order valence-electron chi connectivity index (χ1n) is 9.38. The van der Waals surface area contributed by atoms with Gasteiger partial charge in [-0.15, -0.1) is 0 Å². The average Bonchev–Trinajstić information content (AvgIpc) is 3.28. The van der Waals surface area contributed by atoms with Gasteiger partial charge < -0.3 is 0 Å². The molecule has 1 aliphatic carbocycles. The molecule has 146 valence electrons. The van der Waals surface area contributed by atoms with Crippen molar-refractivity contribution in [1.29, 1.82) is 0 Å². The van der Waals surface area contributed by atoms with Crippen LogP contribution in [0.4, 0.5) is 0 Å². The van der Waals surface area contributed by atoms with Crippen LogP contribution in [0.2, 0.25) is 0 Å². The quantitative estimate of drug-likeness (QED) is 0.736. The molecule has 1 heterocycles. The molecule has 26 heavy (non-hydrogen) atoms. The van der Waals surface area contributed by atoms with Crippen molar-refractivity contribution in [3.8, 4) is 0 Å². The summed E-state index contributed by atoms with van der Waals surface area (Å²) in [7, 11) is -7.17. The Hall–Kier alpha value is -0.960. The Labute approximate surface area is 157 Å². The summed E-state index contributed by atoms with van der Waals surface area (Å²) >= 11 is 0. The molecular weight excluding hydrogens is 372 g/mol. The summed E-state index contributed by atoms with van der Waals surface area (Å²) in [5, 5.41) is 0. The van der Waals surface area contributed by atoms with E-state index in [1.807, 2.05) is 13.8 Å². The smallest absolute Gasteiger partial charge is 0.207 e.